The number of hydrogen-bond acceptors (Lipinski definition) is 9. The maximum absolute atomic E-state index is 13.5. The van der Waals surface area contributed by atoms with Crippen molar-refractivity contribution >= 4 is 19.4 Å². The van der Waals surface area contributed by atoms with Gasteiger partial charge in [-0.05, 0) is 30.5 Å². The normalized spacial score (nSPS) is 15.1. The number of carbonyl (C=O) groups is 1. The zero-order valence-electron chi connectivity index (χ0n) is 23.5. The minimum atomic E-state index is -3.94. The van der Waals surface area contributed by atoms with Gasteiger partial charge >= 0.3 is 7.82 Å². The molecule has 214 valence electrons. The van der Waals surface area contributed by atoms with Crippen molar-refractivity contribution in [2.24, 2.45) is 0 Å². The molecule has 1 heterocycles. The summed E-state index contributed by atoms with van der Waals surface area (Å²) in [6.45, 7) is 8.45. The average molecular weight is 564 g/mol. The number of hydrogen-bond donors (Lipinski definition) is 0. The summed E-state index contributed by atoms with van der Waals surface area (Å²) >= 11 is 0. The van der Waals surface area contributed by atoms with Crippen molar-refractivity contribution in [1.82, 2.24) is 0 Å². The molecule has 0 aromatic heterocycles. The van der Waals surface area contributed by atoms with E-state index in [9.17, 15) is 9.36 Å². The third-order valence-corrected chi connectivity index (χ3v) is 7.64. The van der Waals surface area contributed by atoms with Gasteiger partial charge in [-0.25, -0.2) is 4.57 Å². The fourth-order valence-electron chi connectivity index (χ4n) is 4.09. The highest BCUT2D eigenvalue weighted by molar-refractivity contribution is 7.48. The Hall–Kier alpha value is -3.20. The zero-order chi connectivity index (χ0) is 28.6. The van der Waals surface area contributed by atoms with Crippen LogP contribution in [0.5, 0.6) is 28.7 Å². The first-order valence-corrected chi connectivity index (χ1v) is 14.3. The third kappa shape index (κ3) is 6.69. The number of phosphoric ester groups is 1. The lowest BCUT2D eigenvalue weighted by atomic mass is 9.88. The minimum Gasteiger partial charge on any atom is -0.493 e. The van der Waals surface area contributed by atoms with Crippen molar-refractivity contribution in [3.05, 3.63) is 48.0 Å². The van der Waals surface area contributed by atoms with Crippen molar-refractivity contribution in [1.29, 1.82) is 0 Å². The summed E-state index contributed by atoms with van der Waals surface area (Å²) in [6.07, 6.45) is 3.13. The lowest BCUT2D eigenvalue weighted by Crippen LogP contribution is -2.48. The highest BCUT2D eigenvalue weighted by atomic mass is 31.2. The van der Waals surface area contributed by atoms with Crippen molar-refractivity contribution in [2.75, 3.05) is 46.6 Å². The number of carbonyl (C=O) groups excluding carboxylic acids is 1. The van der Waals surface area contributed by atoms with E-state index in [-0.39, 0.29) is 24.9 Å². The number of nitrogens with zero attached hydrogens (tertiary/aromatic N) is 1. The molecule has 0 spiro atoms. The molecule has 1 saturated heterocycles. The third-order valence-electron chi connectivity index (χ3n) is 6.22. The van der Waals surface area contributed by atoms with Crippen LogP contribution in [0, 0.1) is 0 Å². The van der Waals surface area contributed by atoms with Crippen LogP contribution in [0.15, 0.2) is 42.5 Å². The zero-order valence-corrected chi connectivity index (χ0v) is 24.4. The quantitative estimate of drug-likeness (QED) is 0.0982. The molecule has 1 aliphatic rings. The molecule has 2 aromatic rings. The van der Waals surface area contributed by atoms with E-state index in [2.05, 4.69) is 6.58 Å². The van der Waals surface area contributed by atoms with Crippen LogP contribution in [0.1, 0.15) is 51.1 Å². The topological polar surface area (TPSA) is 102 Å². The van der Waals surface area contributed by atoms with Gasteiger partial charge in [-0.1, -0.05) is 39.3 Å². The van der Waals surface area contributed by atoms with Crippen LogP contribution in [0.2, 0.25) is 0 Å². The Morgan fingerprint density at radius 2 is 1.38 bits per heavy atom. The molecule has 0 saturated carbocycles. The first-order chi connectivity index (χ1) is 18.8. The first kappa shape index (κ1) is 30.3. The van der Waals surface area contributed by atoms with E-state index in [4.69, 9.17) is 32.5 Å². The van der Waals surface area contributed by atoms with Crippen LogP contribution in [0.4, 0.5) is 5.69 Å². The lowest BCUT2D eigenvalue weighted by molar-refractivity contribution is -0.119. The summed E-state index contributed by atoms with van der Waals surface area (Å²) in [5, 5.41) is 0. The summed E-state index contributed by atoms with van der Waals surface area (Å²) in [6, 6.07) is 7.98. The van der Waals surface area contributed by atoms with E-state index in [0.717, 1.165) is 12.8 Å². The molecular formula is C28H38NO9P. The van der Waals surface area contributed by atoms with Crippen LogP contribution >= 0.6 is 7.82 Å². The molecule has 0 radical (unpaired) electrons. The Balaban J connectivity index is 1.99. The Morgan fingerprint density at radius 1 is 0.821 bits per heavy atom. The molecule has 0 aliphatic carbocycles. The molecule has 0 N–H and O–H groups in total. The molecule has 11 heteroatoms. The van der Waals surface area contributed by atoms with Gasteiger partial charge in [0.05, 0.1) is 53.4 Å². The molecule has 3 rings (SSSR count). The smallest absolute Gasteiger partial charge is 0.493 e. The first-order valence-electron chi connectivity index (χ1n) is 12.9. The van der Waals surface area contributed by atoms with Crippen LogP contribution in [-0.4, -0.2) is 47.6 Å². The van der Waals surface area contributed by atoms with Crippen LogP contribution < -0.4 is 28.4 Å². The summed E-state index contributed by atoms with van der Waals surface area (Å²) in [7, 11) is 2.06. The van der Waals surface area contributed by atoms with E-state index < -0.39 is 13.9 Å². The minimum absolute atomic E-state index is 0.170. The van der Waals surface area contributed by atoms with Gasteiger partial charge in [0.2, 0.25) is 5.75 Å². The van der Waals surface area contributed by atoms with Gasteiger partial charge in [0.15, 0.2) is 23.0 Å². The number of anilines is 1. The van der Waals surface area contributed by atoms with E-state index in [1.165, 1.54) is 28.4 Å². The Bertz CT molecular complexity index is 1180. The molecule has 0 unspecified atom stereocenters. The van der Waals surface area contributed by atoms with Crippen molar-refractivity contribution < 1.29 is 41.9 Å². The Morgan fingerprint density at radius 3 is 1.87 bits per heavy atom. The largest absolute Gasteiger partial charge is 0.530 e. The highest BCUT2D eigenvalue weighted by Crippen LogP contribution is 2.53. The van der Waals surface area contributed by atoms with Gasteiger partial charge in [-0.2, -0.15) is 0 Å². The molecule has 2 aromatic carbocycles. The number of rotatable bonds is 16. The predicted octanol–water partition coefficient (Wildman–Crippen LogP) is 6.49. The number of phosphoric acid groups is 1. The molecular weight excluding hydrogens is 525 g/mol. The van der Waals surface area contributed by atoms with Gasteiger partial charge < -0.3 is 23.5 Å². The standard InChI is InChI=1S/C28H38NO9P/c1-8-10-14-36-39(31,37-15-11-9-2)38-23-16-20(12-13-22(23)32-4)26-19(3)28(30)29(26)21-17-24(33-5)27(35-7)25(18-21)34-6/h12-13,16-18,26H,3,8-11,14-15H2,1-2,4-7H3/t26-/m1/s1. The number of ether oxygens (including phenoxy) is 4. The lowest BCUT2D eigenvalue weighted by Gasteiger charge is -2.43. The fraction of sp³-hybridized carbons (Fsp3) is 0.464. The number of benzene rings is 2. The van der Waals surface area contributed by atoms with Gasteiger partial charge in [-0.15, -0.1) is 0 Å². The molecule has 1 atom stereocenters. The summed E-state index contributed by atoms with van der Waals surface area (Å²) in [4.78, 5) is 14.6. The van der Waals surface area contributed by atoms with Crippen LogP contribution in [-0.2, 0) is 18.4 Å². The van der Waals surface area contributed by atoms with Gasteiger partial charge in [0.25, 0.3) is 5.91 Å². The molecule has 39 heavy (non-hydrogen) atoms. The van der Waals surface area contributed by atoms with E-state index in [1.54, 1.807) is 35.2 Å². The van der Waals surface area contributed by atoms with Crippen molar-refractivity contribution in [3.63, 3.8) is 0 Å². The second-order valence-electron chi connectivity index (χ2n) is 8.81. The number of β-lactam (4-membered cyclic amide) rings is 1. The molecule has 1 fully saturated rings. The van der Waals surface area contributed by atoms with E-state index >= 15 is 0 Å². The number of unbranched alkanes of at least 4 members (excludes halogenated alkanes) is 2. The van der Waals surface area contributed by atoms with E-state index in [0.29, 0.717) is 52.7 Å². The van der Waals surface area contributed by atoms with Crippen molar-refractivity contribution in [3.8, 4) is 28.7 Å². The molecule has 1 amide bonds. The Kier molecular flexibility index (Phi) is 10.7. The summed E-state index contributed by atoms with van der Waals surface area (Å²) in [5.41, 5.74) is 1.57. The molecule has 1 aliphatic heterocycles. The van der Waals surface area contributed by atoms with Gasteiger partial charge in [-0.3, -0.25) is 18.7 Å². The maximum Gasteiger partial charge on any atom is 0.530 e. The van der Waals surface area contributed by atoms with Gasteiger partial charge in [0.1, 0.15) is 0 Å². The van der Waals surface area contributed by atoms with Gasteiger partial charge in [0, 0.05) is 17.7 Å². The second-order valence-corrected chi connectivity index (χ2v) is 10.4. The SMILES string of the molecule is C=C1C(=O)N(c2cc(OC)c(OC)c(OC)c2)[C@H]1c1ccc(OC)c(OP(=O)(OCCCC)OCCCC)c1. The van der Waals surface area contributed by atoms with E-state index in [1.807, 2.05) is 13.8 Å². The molecule has 10 nitrogen and oxygen atoms in total. The average Bonchev–Trinajstić information content (AvgIpc) is 2.94. The fourth-order valence-corrected chi connectivity index (χ4v) is 5.36. The predicted molar refractivity (Wildman–Crippen MR) is 148 cm³/mol. The maximum atomic E-state index is 13.5. The number of methoxy groups -OCH3 is 4. The van der Waals surface area contributed by atoms with Crippen molar-refractivity contribution in [2.45, 2.75) is 45.6 Å². The number of amides is 1. The summed E-state index contributed by atoms with van der Waals surface area (Å²) in [5.74, 6) is 1.47. The Labute approximate surface area is 230 Å². The molecule has 0 bridgehead atoms. The second kappa shape index (κ2) is 13.7. The summed E-state index contributed by atoms with van der Waals surface area (Å²) < 4.78 is 52.4. The monoisotopic (exact) mass is 563 g/mol. The van der Waals surface area contributed by atoms with Crippen LogP contribution in [0.25, 0.3) is 0 Å². The van der Waals surface area contributed by atoms with Crippen LogP contribution in [0.3, 0.4) is 0 Å². The highest BCUT2D eigenvalue weighted by Gasteiger charge is 2.44.